The third-order valence-corrected chi connectivity index (χ3v) is 2.47. The molecule has 0 fully saturated rings. The van der Waals surface area contributed by atoms with Crippen LogP contribution in [0.3, 0.4) is 0 Å². The second-order valence-corrected chi connectivity index (χ2v) is 5.47. The van der Waals surface area contributed by atoms with Crippen LogP contribution in [0.1, 0.15) is 0 Å². The first kappa shape index (κ1) is 10.4. The summed E-state index contributed by atoms with van der Waals surface area (Å²) in [5.74, 6) is 0. The van der Waals surface area contributed by atoms with Gasteiger partial charge in [0.25, 0.3) is 0 Å². The Labute approximate surface area is 60.5 Å². The minimum atomic E-state index is -4.79. The molecule has 0 heterocycles. The topological polar surface area (TPSA) is 121 Å². The van der Waals surface area contributed by atoms with Crippen LogP contribution < -0.4 is 0 Å². The molecule has 0 saturated carbocycles. The van der Waals surface area contributed by atoms with E-state index in [4.69, 9.17) is 14.3 Å². The Hall–Kier alpha value is 0.370. The lowest BCUT2D eigenvalue weighted by Gasteiger charge is -1.97. The number of hydrogen-bond donors (Lipinski definition) is 3. The van der Waals surface area contributed by atoms with Crippen LogP contribution in [0.5, 0.6) is 0 Å². The molecule has 0 radical (unpaired) electrons. The Morgan fingerprint density at radius 2 is 1.80 bits per heavy atom. The summed E-state index contributed by atoms with van der Waals surface area (Å²) >= 11 is -0.631. The molecule has 0 spiro atoms. The maximum absolute atomic E-state index is 9.83. The molecule has 0 aliphatic carbocycles. The molecular weight excluding hydrogens is 207 g/mol. The van der Waals surface area contributed by atoms with Gasteiger partial charge in [-0.3, -0.25) is 4.55 Å². The second-order valence-electron chi connectivity index (χ2n) is 1.06. The zero-order valence-corrected chi connectivity index (χ0v) is 6.77. The standard InChI is InChI=1S/H3O7PS2/c1-8(2,3)9-7-10(4,5)6/h(H2,1,2,3)(H,4,5,6). The van der Waals surface area contributed by atoms with Gasteiger partial charge in [0.05, 0.1) is 0 Å². The van der Waals surface area contributed by atoms with Crippen LogP contribution in [0.15, 0.2) is 0 Å². The summed E-state index contributed by atoms with van der Waals surface area (Å²) in [5.41, 5.74) is 0. The van der Waals surface area contributed by atoms with Crippen molar-refractivity contribution < 1.29 is 31.0 Å². The smallest absolute Gasteiger partial charge is 0.315 e. The fraction of sp³-hybridized carbons (Fsp3) is 0. The van der Waals surface area contributed by atoms with E-state index in [0.717, 1.165) is 0 Å². The minimum absolute atomic E-state index is 0.631. The lowest BCUT2D eigenvalue weighted by molar-refractivity contribution is 0.384. The van der Waals surface area contributed by atoms with E-state index in [2.05, 4.69) is 3.63 Å². The van der Waals surface area contributed by atoms with Crippen molar-refractivity contribution in [2.75, 3.05) is 0 Å². The van der Waals surface area contributed by atoms with Gasteiger partial charge in [-0.15, -0.1) is 0 Å². The van der Waals surface area contributed by atoms with Crippen LogP contribution in [0, 0.1) is 0 Å². The van der Waals surface area contributed by atoms with Crippen LogP contribution >= 0.6 is 18.5 Å². The summed E-state index contributed by atoms with van der Waals surface area (Å²) in [6, 6.07) is 0. The van der Waals surface area contributed by atoms with E-state index >= 15 is 0 Å². The molecule has 62 valence electrons. The average Bonchev–Trinajstić information content (AvgIpc) is 1.57. The van der Waals surface area contributed by atoms with Crippen molar-refractivity contribution in [2.45, 2.75) is 0 Å². The molecule has 0 aliphatic heterocycles. The monoisotopic (exact) mass is 210 g/mol. The van der Waals surface area contributed by atoms with Gasteiger partial charge in [0.15, 0.2) is 0 Å². The molecule has 7 nitrogen and oxygen atoms in total. The fourth-order valence-electron chi connectivity index (χ4n) is 0.0781. The summed E-state index contributed by atoms with van der Waals surface area (Å²) < 4.78 is 40.2. The van der Waals surface area contributed by atoms with E-state index in [1.165, 1.54) is 0 Å². The van der Waals surface area contributed by atoms with E-state index < -0.39 is 28.9 Å². The Morgan fingerprint density at radius 1 is 1.40 bits per heavy atom. The highest BCUT2D eigenvalue weighted by atomic mass is 32.7. The van der Waals surface area contributed by atoms with Gasteiger partial charge >= 0.3 is 17.2 Å². The third kappa shape index (κ3) is 8.37. The zero-order valence-electron chi connectivity index (χ0n) is 4.24. The van der Waals surface area contributed by atoms with E-state index in [1.54, 1.807) is 0 Å². The Bertz CT molecular complexity index is 230. The Kier molecular flexibility index (Phi) is 3.30. The molecule has 0 unspecified atom stereocenters. The van der Waals surface area contributed by atoms with Crippen molar-refractivity contribution in [3.8, 4) is 0 Å². The van der Waals surface area contributed by atoms with Crippen molar-refractivity contribution in [2.24, 2.45) is 0 Å². The van der Waals surface area contributed by atoms with Crippen molar-refractivity contribution in [3.05, 3.63) is 0 Å². The van der Waals surface area contributed by atoms with E-state index in [1.807, 2.05) is 0 Å². The molecule has 0 aromatic rings. The molecule has 10 heteroatoms. The zero-order chi connectivity index (χ0) is 8.41. The third-order valence-electron chi connectivity index (χ3n) is 0.214. The maximum Gasteiger partial charge on any atom is 0.412 e. The quantitative estimate of drug-likeness (QED) is 0.325. The van der Waals surface area contributed by atoms with Crippen molar-refractivity contribution >= 4 is 28.9 Å². The molecule has 0 rings (SSSR count). The first-order chi connectivity index (χ1) is 4.21. The van der Waals surface area contributed by atoms with Crippen LogP contribution in [0.25, 0.3) is 0 Å². The fourth-order valence-corrected chi connectivity index (χ4v) is 2.11. The predicted molar refractivity (Wildman–Crippen MR) is 32.3 cm³/mol. The van der Waals surface area contributed by atoms with Gasteiger partial charge in [-0.2, -0.15) is 12.0 Å². The van der Waals surface area contributed by atoms with Crippen molar-refractivity contribution in [3.63, 3.8) is 0 Å². The van der Waals surface area contributed by atoms with Gasteiger partial charge in [0.1, 0.15) is 11.7 Å². The lowest BCUT2D eigenvalue weighted by Crippen LogP contribution is -1.96. The molecule has 0 amide bonds. The predicted octanol–water partition coefficient (Wildman–Crippen LogP) is -0.453. The van der Waals surface area contributed by atoms with E-state index in [0.29, 0.717) is 0 Å². The summed E-state index contributed by atoms with van der Waals surface area (Å²) in [5, 5.41) is 0. The largest absolute Gasteiger partial charge is 0.412 e. The van der Waals surface area contributed by atoms with Crippen LogP contribution in [-0.2, 0) is 18.6 Å². The van der Waals surface area contributed by atoms with Gasteiger partial charge in [-0.05, 0) is 0 Å². The molecule has 0 bridgehead atoms. The van der Waals surface area contributed by atoms with E-state index in [-0.39, 0.29) is 0 Å². The highest BCUT2D eigenvalue weighted by Gasteiger charge is 2.20. The van der Waals surface area contributed by atoms with Crippen LogP contribution in [-0.4, -0.2) is 22.8 Å². The molecule has 0 aromatic heterocycles. The molecule has 0 saturated heterocycles. The summed E-state index contributed by atoms with van der Waals surface area (Å²) in [4.78, 5) is 15.9. The first-order valence-corrected chi connectivity index (χ1v) is 5.94. The summed E-state index contributed by atoms with van der Waals surface area (Å²) in [6.45, 7) is -4.61. The lowest BCUT2D eigenvalue weighted by atomic mass is 15.8. The minimum Gasteiger partial charge on any atom is -0.315 e. The van der Waals surface area contributed by atoms with Crippen molar-refractivity contribution in [1.29, 1.82) is 0 Å². The van der Waals surface area contributed by atoms with Crippen LogP contribution in [0.4, 0.5) is 0 Å². The van der Waals surface area contributed by atoms with Gasteiger partial charge in [0, 0.05) is 0 Å². The molecule has 10 heavy (non-hydrogen) atoms. The van der Waals surface area contributed by atoms with Crippen molar-refractivity contribution in [1.82, 2.24) is 0 Å². The van der Waals surface area contributed by atoms with Gasteiger partial charge in [-0.25, -0.2) is 4.57 Å². The normalized spacial score (nSPS) is 13.5. The van der Waals surface area contributed by atoms with Gasteiger partial charge < -0.3 is 9.79 Å². The summed E-state index contributed by atoms with van der Waals surface area (Å²) in [6.07, 6.45) is 0. The van der Waals surface area contributed by atoms with Gasteiger partial charge in [-0.1, -0.05) is 0 Å². The number of hydrogen-bond acceptors (Lipinski definition) is 5. The highest BCUT2D eigenvalue weighted by molar-refractivity contribution is 8.53. The Morgan fingerprint density at radius 3 is 1.90 bits per heavy atom. The van der Waals surface area contributed by atoms with E-state index in [9.17, 15) is 13.0 Å². The molecule has 3 N–H and O–H groups in total. The molecule has 0 aliphatic rings. The van der Waals surface area contributed by atoms with Crippen LogP contribution in [0.2, 0.25) is 0 Å². The highest BCUT2D eigenvalue weighted by Crippen LogP contribution is 2.51. The Balaban J connectivity index is 3.92. The number of rotatable bonds is 3. The maximum atomic E-state index is 9.83. The SMILES string of the molecule is O=P(O)(O)SOS(=O)(=O)O. The first-order valence-electron chi connectivity index (χ1n) is 1.61. The molecule has 0 aromatic carbocycles. The molecular formula is H3O7PS2. The molecule has 0 atom stereocenters. The average molecular weight is 210 g/mol. The second kappa shape index (κ2) is 3.18. The summed E-state index contributed by atoms with van der Waals surface area (Å²) in [7, 11) is -4.79. The van der Waals surface area contributed by atoms with Gasteiger partial charge in [0.2, 0.25) is 0 Å².